The van der Waals surface area contributed by atoms with E-state index in [1.807, 2.05) is 6.07 Å². The van der Waals surface area contributed by atoms with Gasteiger partial charge in [-0.15, -0.1) is 0 Å². The van der Waals surface area contributed by atoms with Crippen molar-refractivity contribution in [3.8, 4) is 11.5 Å². The van der Waals surface area contributed by atoms with E-state index < -0.39 is 47.0 Å². The number of nitrogens with two attached hydrogens (primary N) is 2. The Hall–Kier alpha value is -3.63. The van der Waals surface area contributed by atoms with Crippen LogP contribution in [0.3, 0.4) is 0 Å². The summed E-state index contributed by atoms with van der Waals surface area (Å²) in [7, 11) is 3.07. The number of methoxy groups -OCH3 is 2. The van der Waals surface area contributed by atoms with Gasteiger partial charge in [-0.2, -0.15) is 0 Å². The van der Waals surface area contributed by atoms with E-state index in [1.54, 1.807) is 35.6 Å². The standard InChI is InChI=1S/C25H25ClN4O6/c1-35-17-6-3-12(9-18(17)36-2)7-8-30-22(32)20-16(11-19(27)31)29-25(21(20)23(30)33)14-10-13(26)4-5-15(14)28-24(25)34/h3-6,9-10,16,20-21,29H,7-8,11H2,1-2H3,(H2,27,31)(H,28,34)/p+1/t16-,20+,21-,25+/m1/s1. The number of imide groups is 1. The molecular weight excluding hydrogens is 488 g/mol. The second kappa shape index (κ2) is 8.79. The zero-order valence-corrected chi connectivity index (χ0v) is 20.5. The molecule has 1 spiro atoms. The lowest BCUT2D eigenvalue weighted by atomic mass is 9.76. The third-order valence-corrected chi connectivity index (χ3v) is 7.67. The molecule has 0 radical (unpaired) electrons. The van der Waals surface area contributed by atoms with Gasteiger partial charge < -0.3 is 25.8 Å². The number of hydrogen-bond donors (Lipinski definition) is 3. The molecule has 4 amide bonds. The van der Waals surface area contributed by atoms with Crippen LogP contribution in [-0.4, -0.2) is 55.3 Å². The van der Waals surface area contributed by atoms with Gasteiger partial charge in [0.15, 0.2) is 11.5 Å². The normalized spacial score (nSPS) is 26.2. The van der Waals surface area contributed by atoms with Crippen LogP contribution in [0.1, 0.15) is 17.5 Å². The highest BCUT2D eigenvalue weighted by molar-refractivity contribution is 6.31. The van der Waals surface area contributed by atoms with Crippen LogP contribution >= 0.6 is 11.6 Å². The number of carbonyl (C=O) groups is 4. The molecule has 0 aliphatic carbocycles. The first kappa shape index (κ1) is 24.1. The summed E-state index contributed by atoms with van der Waals surface area (Å²) >= 11 is 6.25. The first-order valence-corrected chi connectivity index (χ1v) is 11.9. The molecule has 2 aromatic carbocycles. The summed E-state index contributed by atoms with van der Waals surface area (Å²) in [4.78, 5) is 53.8. The summed E-state index contributed by atoms with van der Waals surface area (Å²) in [6.45, 7) is 0.115. The number of amides is 4. The summed E-state index contributed by atoms with van der Waals surface area (Å²) < 4.78 is 10.6. The summed E-state index contributed by atoms with van der Waals surface area (Å²) in [5, 5.41) is 4.88. The van der Waals surface area contributed by atoms with Gasteiger partial charge in [-0.1, -0.05) is 17.7 Å². The Morgan fingerprint density at radius 3 is 2.56 bits per heavy atom. The van der Waals surface area contributed by atoms with Gasteiger partial charge in [0.05, 0.1) is 26.3 Å². The number of fused-ring (bicyclic) bond motifs is 4. The average molecular weight is 514 g/mol. The van der Waals surface area contributed by atoms with Gasteiger partial charge in [0, 0.05) is 17.1 Å². The number of hydrogen-bond acceptors (Lipinski definition) is 6. The van der Waals surface area contributed by atoms with E-state index in [9.17, 15) is 19.2 Å². The Balaban J connectivity index is 1.49. The van der Waals surface area contributed by atoms with Crippen LogP contribution in [0.5, 0.6) is 11.5 Å². The smallest absolute Gasteiger partial charge is 0.291 e. The number of nitrogens with one attached hydrogen (secondary N) is 1. The monoisotopic (exact) mass is 513 g/mol. The van der Waals surface area contributed by atoms with Crippen molar-refractivity contribution in [2.24, 2.45) is 17.6 Å². The van der Waals surface area contributed by atoms with E-state index >= 15 is 0 Å². The molecule has 188 valence electrons. The maximum atomic E-state index is 13.8. The zero-order chi connectivity index (χ0) is 25.8. The van der Waals surface area contributed by atoms with E-state index in [2.05, 4.69) is 5.32 Å². The Bertz CT molecular complexity index is 1300. The summed E-state index contributed by atoms with van der Waals surface area (Å²) in [5.74, 6) is -2.63. The molecule has 3 aliphatic heterocycles. The minimum absolute atomic E-state index is 0.115. The highest BCUT2D eigenvalue weighted by Crippen LogP contribution is 2.50. The molecule has 5 rings (SSSR count). The Kier molecular flexibility index (Phi) is 5.88. The fraction of sp³-hybridized carbons (Fsp3) is 0.360. The van der Waals surface area contributed by atoms with Gasteiger partial charge in [-0.3, -0.25) is 24.1 Å². The summed E-state index contributed by atoms with van der Waals surface area (Å²) in [5.41, 5.74) is 5.98. The van der Waals surface area contributed by atoms with Crippen LogP contribution in [0.4, 0.5) is 5.69 Å². The molecule has 0 saturated carbocycles. The molecule has 10 nitrogen and oxygen atoms in total. The van der Waals surface area contributed by atoms with Gasteiger partial charge in [0.2, 0.25) is 23.3 Å². The molecule has 2 saturated heterocycles. The minimum atomic E-state index is -1.41. The fourth-order valence-electron chi connectivity index (χ4n) is 5.91. The van der Waals surface area contributed by atoms with Crippen molar-refractivity contribution in [3.05, 3.63) is 52.5 Å². The Morgan fingerprint density at radius 1 is 1.11 bits per heavy atom. The SMILES string of the molecule is COc1ccc(CCN2C(=O)[C@H]3[C@@H](CC(N)=O)[NH2+][C@]4(C(=O)Nc5ccc(Cl)cc54)[C@H]3C2=O)cc1OC. The lowest BCUT2D eigenvalue weighted by Gasteiger charge is -2.26. The summed E-state index contributed by atoms with van der Waals surface area (Å²) in [6.07, 6.45) is 0.234. The van der Waals surface area contributed by atoms with Crippen molar-refractivity contribution in [2.45, 2.75) is 24.4 Å². The average Bonchev–Trinajstić information content (AvgIpc) is 3.41. The number of primary amides is 1. The highest BCUT2D eigenvalue weighted by Gasteiger charge is 2.74. The van der Waals surface area contributed by atoms with E-state index in [0.717, 1.165) is 5.56 Å². The highest BCUT2D eigenvalue weighted by atomic mass is 35.5. The quantitative estimate of drug-likeness (QED) is 0.450. The number of halogens is 1. The van der Waals surface area contributed by atoms with Crippen molar-refractivity contribution in [1.29, 1.82) is 0 Å². The van der Waals surface area contributed by atoms with Gasteiger partial charge in [0.1, 0.15) is 17.9 Å². The van der Waals surface area contributed by atoms with Gasteiger partial charge in [-0.05, 0) is 42.3 Å². The molecule has 0 unspecified atom stereocenters. The molecule has 3 aliphatic rings. The van der Waals surface area contributed by atoms with Crippen molar-refractivity contribution < 1.29 is 34.0 Å². The fourth-order valence-corrected chi connectivity index (χ4v) is 6.08. The molecule has 0 bridgehead atoms. The van der Waals surface area contributed by atoms with Gasteiger partial charge in [0.25, 0.3) is 5.91 Å². The number of ether oxygens (including phenoxy) is 2. The van der Waals surface area contributed by atoms with Crippen LogP contribution < -0.4 is 25.8 Å². The number of nitrogens with zero attached hydrogens (tertiary/aromatic N) is 1. The lowest BCUT2D eigenvalue weighted by molar-refractivity contribution is -0.732. The maximum Gasteiger partial charge on any atom is 0.291 e. The van der Waals surface area contributed by atoms with Crippen molar-refractivity contribution in [2.75, 3.05) is 26.1 Å². The summed E-state index contributed by atoms with van der Waals surface area (Å²) in [6, 6.07) is 9.67. The Morgan fingerprint density at radius 2 is 1.86 bits per heavy atom. The molecular formula is C25H26ClN4O6+. The van der Waals surface area contributed by atoms with E-state index in [-0.39, 0.29) is 13.0 Å². The van der Waals surface area contributed by atoms with Gasteiger partial charge in [-0.25, -0.2) is 0 Å². The van der Waals surface area contributed by atoms with E-state index in [0.29, 0.717) is 34.2 Å². The molecule has 5 N–H and O–H groups in total. The molecule has 2 fully saturated rings. The largest absolute Gasteiger partial charge is 0.493 e. The van der Waals surface area contributed by atoms with Crippen LogP contribution in [0.2, 0.25) is 5.02 Å². The molecule has 4 atom stereocenters. The first-order valence-electron chi connectivity index (χ1n) is 11.5. The van der Waals surface area contributed by atoms with Crippen LogP contribution in [0, 0.1) is 11.8 Å². The van der Waals surface area contributed by atoms with Crippen molar-refractivity contribution in [3.63, 3.8) is 0 Å². The molecule has 0 aromatic heterocycles. The predicted octanol–water partition coefficient (Wildman–Crippen LogP) is 0.170. The lowest BCUT2D eigenvalue weighted by Crippen LogP contribution is -2.99. The van der Waals surface area contributed by atoms with Crippen LogP contribution in [0.25, 0.3) is 0 Å². The molecule has 11 heteroatoms. The second-order valence-electron chi connectivity index (χ2n) is 9.28. The number of carbonyl (C=O) groups excluding carboxylic acids is 4. The number of likely N-dealkylation sites (tertiary alicyclic amines) is 1. The minimum Gasteiger partial charge on any atom is -0.493 e. The van der Waals surface area contributed by atoms with E-state index in [1.165, 1.54) is 19.1 Å². The van der Waals surface area contributed by atoms with Crippen molar-refractivity contribution >= 4 is 40.9 Å². The zero-order valence-electron chi connectivity index (χ0n) is 19.7. The predicted molar refractivity (Wildman–Crippen MR) is 128 cm³/mol. The maximum absolute atomic E-state index is 13.8. The van der Waals surface area contributed by atoms with Crippen molar-refractivity contribution in [1.82, 2.24) is 4.90 Å². The number of anilines is 1. The van der Waals surface area contributed by atoms with Gasteiger partial charge >= 0.3 is 0 Å². The molecule has 36 heavy (non-hydrogen) atoms. The number of quaternary nitrogens is 1. The topological polar surface area (TPSA) is 145 Å². The number of benzene rings is 2. The van der Waals surface area contributed by atoms with Crippen LogP contribution in [0.15, 0.2) is 36.4 Å². The first-order chi connectivity index (χ1) is 17.2. The number of rotatable bonds is 7. The molecule has 3 heterocycles. The van der Waals surface area contributed by atoms with E-state index in [4.69, 9.17) is 26.8 Å². The third-order valence-electron chi connectivity index (χ3n) is 7.43. The second-order valence-corrected chi connectivity index (χ2v) is 9.72. The third kappa shape index (κ3) is 3.51. The Labute approximate surface area is 212 Å². The van der Waals surface area contributed by atoms with Crippen LogP contribution in [-0.2, 0) is 31.1 Å². The molecule has 2 aromatic rings.